The number of aliphatic carboxylic acids is 1. The van der Waals surface area contributed by atoms with Crippen LogP contribution in [-0.4, -0.2) is 16.2 Å². The monoisotopic (exact) mass is 290 g/mol. The van der Waals surface area contributed by atoms with Crippen molar-refractivity contribution in [1.29, 1.82) is 0 Å². The number of carboxylic acids is 1. The van der Waals surface area contributed by atoms with Crippen LogP contribution in [0.3, 0.4) is 0 Å². The van der Waals surface area contributed by atoms with Gasteiger partial charge >= 0.3 is 5.97 Å². The summed E-state index contributed by atoms with van der Waals surface area (Å²) in [5.41, 5.74) is 2.76. The summed E-state index contributed by atoms with van der Waals surface area (Å²) in [7, 11) is 0. The predicted molar refractivity (Wildman–Crippen MR) is 83.7 cm³/mol. The number of hydrogen-bond donors (Lipinski definition) is 2. The van der Waals surface area contributed by atoms with Crippen LogP contribution >= 0.6 is 0 Å². The molecule has 0 aliphatic heterocycles. The van der Waals surface area contributed by atoms with Gasteiger partial charge in [-0.05, 0) is 61.3 Å². The Kier molecular flexibility index (Phi) is 6.09. The molecule has 3 heteroatoms. The molecular formula is C18H26O3. The van der Waals surface area contributed by atoms with Crippen molar-refractivity contribution in [3.63, 3.8) is 0 Å². The zero-order valence-electron chi connectivity index (χ0n) is 12.7. The first-order chi connectivity index (χ1) is 10.2. The van der Waals surface area contributed by atoms with Gasteiger partial charge in [-0.25, -0.2) is 0 Å². The largest absolute Gasteiger partial charge is 0.508 e. The lowest BCUT2D eigenvalue weighted by molar-refractivity contribution is -0.137. The number of benzene rings is 1. The topological polar surface area (TPSA) is 57.5 Å². The van der Waals surface area contributed by atoms with Crippen LogP contribution in [-0.2, 0) is 11.2 Å². The van der Waals surface area contributed by atoms with Crippen molar-refractivity contribution in [3.8, 4) is 5.75 Å². The van der Waals surface area contributed by atoms with E-state index in [0.29, 0.717) is 18.1 Å². The number of phenolic OH excluding ortho intramolecular Hbond substituents is 1. The predicted octanol–water partition coefficient (Wildman–Crippen LogP) is 4.63. The Bertz CT molecular complexity index is 468. The van der Waals surface area contributed by atoms with E-state index < -0.39 is 5.97 Å². The van der Waals surface area contributed by atoms with Gasteiger partial charge < -0.3 is 10.2 Å². The number of rotatable bonds is 8. The van der Waals surface area contributed by atoms with E-state index in [-0.39, 0.29) is 0 Å². The second kappa shape index (κ2) is 8.06. The first-order valence-corrected chi connectivity index (χ1v) is 8.20. The van der Waals surface area contributed by atoms with Gasteiger partial charge in [0, 0.05) is 6.42 Å². The smallest absolute Gasteiger partial charge is 0.303 e. The zero-order valence-corrected chi connectivity index (χ0v) is 12.7. The average Bonchev–Trinajstić information content (AvgIpc) is 2.45. The number of fused-ring (bicyclic) bond motifs is 1. The third kappa shape index (κ3) is 5.07. The van der Waals surface area contributed by atoms with E-state index in [1.54, 1.807) is 0 Å². The maximum absolute atomic E-state index is 10.4. The molecule has 1 aromatic rings. The number of carboxylic acid groups (broad SMARTS) is 1. The van der Waals surface area contributed by atoms with Gasteiger partial charge in [-0.15, -0.1) is 0 Å². The standard InChI is InChI=1S/C18H26O3/c19-16-11-12-17-14(8-6-9-15(17)13-16)7-4-2-1-3-5-10-18(20)21/h11-14,19H,1-10H2,(H,20,21). The van der Waals surface area contributed by atoms with Gasteiger partial charge in [0.2, 0.25) is 0 Å². The van der Waals surface area contributed by atoms with Crippen LogP contribution in [0.2, 0.25) is 0 Å². The third-order valence-corrected chi connectivity index (χ3v) is 4.51. The number of unbranched alkanes of at least 4 members (excludes halogenated alkanes) is 4. The quantitative estimate of drug-likeness (QED) is 0.686. The van der Waals surface area contributed by atoms with Gasteiger partial charge in [0.05, 0.1) is 0 Å². The van der Waals surface area contributed by atoms with E-state index in [1.807, 2.05) is 12.1 Å². The maximum Gasteiger partial charge on any atom is 0.303 e. The summed E-state index contributed by atoms with van der Waals surface area (Å²) in [6, 6.07) is 5.83. The van der Waals surface area contributed by atoms with Crippen LogP contribution in [0, 0.1) is 0 Å². The van der Waals surface area contributed by atoms with Crippen LogP contribution in [0.25, 0.3) is 0 Å². The van der Waals surface area contributed by atoms with Gasteiger partial charge in [-0.1, -0.05) is 31.7 Å². The Morgan fingerprint density at radius 3 is 2.71 bits per heavy atom. The van der Waals surface area contributed by atoms with Crippen LogP contribution in [0.1, 0.15) is 74.8 Å². The molecule has 0 radical (unpaired) electrons. The van der Waals surface area contributed by atoms with Crippen molar-refractivity contribution in [2.75, 3.05) is 0 Å². The van der Waals surface area contributed by atoms with E-state index >= 15 is 0 Å². The molecule has 1 unspecified atom stereocenters. The molecule has 1 aromatic carbocycles. The lowest BCUT2D eigenvalue weighted by atomic mass is 9.80. The summed E-state index contributed by atoms with van der Waals surface area (Å²) >= 11 is 0. The second-order valence-electron chi connectivity index (χ2n) is 6.17. The molecule has 1 aliphatic carbocycles. The molecule has 0 bridgehead atoms. The van der Waals surface area contributed by atoms with Gasteiger partial charge in [0.15, 0.2) is 0 Å². The van der Waals surface area contributed by atoms with Crippen LogP contribution < -0.4 is 0 Å². The Morgan fingerprint density at radius 2 is 1.90 bits per heavy atom. The minimum absolute atomic E-state index is 0.305. The molecule has 0 heterocycles. The van der Waals surface area contributed by atoms with Crippen molar-refractivity contribution in [3.05, 3.63) is 29.3 Å². The highest BCUT2D eigenvalue weighted by Crippen LogP contribution is 2.36. The number of hydrogen-bond acceptors (Lipinski definition) is 2. The number of aromatic hydroxyl groups is 1. The minimum Gasteiger partial charge on any atom is -0.508 e. The summed E-state index contributed by atoms with van der Waals surface area (Å²) < 4.78 is 0. The fourth-order valence-corrected chi connectivity index (χ4v) is 3.40. The molecule has 0 saturated carbocycles. The molecule has 21 heavy (non-hydrogen) atoms. The molecule has 0 amide bonds. The average molecular weight is 290 g/mol. The van der Waals surface area contributed by atoms with E-state index in [4.69, 9.17) is 5.11 Å². The highest BCUT2D eigenvalue weighted by Gasteiger charge is 2.19. The van der Waals surface area contributed by atoms with Gasteiger partial charge in [0.1, 0.15) is 5.75 Å². The summed E-state index contributed by atoms with van der Waals surface area (Å²) in [5, 5.41) is 18.1. The van der Waals surface area contributed by atoms with Crippen LogP contribution in [0.15, 0.2) is 18.2 Å². The Labute approximate surface area is 127 Å². The normalized spacial score (nSPS) is 17.4. The molecule has 1 aliphatic rings. The summed E-state index contributed by atoms with van der Waals surface area (Å²) in [4.78, 5) is 10.4. The SMILES string of the molecule is O=C(O)CCCCCCCC1CCCc2cc(O)ccc21. The molecular weight excluding hydrogens is 264 g/mol. The molecule has 1 atom stereocenters. The Morgan fingerprint density at radius 1 is 1.14 bits per heavy atom. The molecule has 2 N–H and O–H groups in total. The van der Waals surface area contributed by atoms with Crippen molar-refractivity contribution < 1.29 is 15.0 Å². The van der Waals surface area contributed by atoms with Gasteiger partial charge in [-0.3, -0.25) is 4.79 Å². The first kappa shape index (κ1) is 15.9. The molecule has 0 fully saturated rings. The van der Waals surface area contributed by atoms with Crippen molar-refractivity contribution in [2.24, 2.45) is 0 Å². The third-order valence-electron chi connectivity index (χ3n) is 4.51. The van der Waals surface area contributed by atoms with E-state index in [2.05, 4.69) is 6.07 Å². The molecule has 3 nitrogen and oxygen atoms in total. The van der Waals surface area contributed by atoms with E-state index in [9.17, 15) is 9.90 Å². The summed E-state index contributed by atoms with van der Waals surface area (Å²) in [6.45, 7) is 0. The molecule has 2 rings (SSSR count). The zero-order chi connectivity index (χ0) is 15.1. The van der Waals surface area contributed by atoms with E-state index in [0.717, 1.165) is 25.7 Å². The fraction of sp³-hybridized carbons (Fsp3) is 0.611. The van der Waals surface area contributed by atoms with Gasteiger partial charge in [-0.2, -0.15) is 0 Å². The highest BCUT2D eigenvalue weighted by atomic mass is 16.4. The van der Waals surface area contributed by atoms with Crippen molar-refractivity contribution in [1.82, 2.24) is 0 Å². The summed E-state index contributed by atoms with van der Waals surface area (Å²) in [6.07, 6.45) is 10.5. The Hall–Kier alpha value is -1.51. The van der Waals surface area contributed by atoms with Crippen molar-refractivity contribution in [2.45, 2.75) is 70.1 Å². The van der Waals surface area contributed by atoms with E-state index in [1.165, 1.54) is 43.2 Å². The van der Waals surface area contributed by atoms with Crippen LogP contribution in [0.5, 0.6) is 5.75 Å². The summed E-state index contributed by atoms with van der Waals surface area (Å²) in [5.74, 6) is 0.346. The number of carbonyl (C=O) groups is 1. The lowest BCUT2D eigenvalue weighted by Crippen LogP contribution is -2.09. The second-order valence-corrected chi connectivity index (χ2v) is 6.17. The maximum atomic E-state index is 10.4. The lowest BCUT2D eigenvalue weighted by Gasteiger charge is -2.25. The molecule has 0 spiro atoms. The van der Waals surface area contributed by atoms with Crippen LogP contribution in [0.4, 0.5) is 0 Å². The first-order valence-electron chi connectivity index (χ1n) is 8.20. The molecule has 116 valence electrons. The van der Waals surface area contributed by atoms with Gasteiger partial charge in [0.25, 0.3) is 0 Å². The minimum atomic E-state index is -0.683. The molecule has 0 saturated heterocycles. The van der Waals surface area contributed by atoms with Crippen molar-refractivity contribution >= 4 is 5.97 Å². The molecule has 0 aromatic heterocycles. The highest BCUT2D eigenvalue weighted by molar-refractivity contribution is 5.66. The Balaban J connectivity index is 1.69. The fourth-order valence-electron chi connectivity index (χ4n) is 3.40. The number of phenols is 1. The number of aryl methyl sites for hydroxylation is 1.